The van der Waals surface area contributed by atoms with Gasteiger partial charge in [0.25, 0.3) is 0 Å². The summed E-state index contributed by atoms with van der Waals surface area (Å²) in [4.78, 5) is 18.0. The lowest BCUT2D eigenvalue weighted by Gasteiger charge is -2.48. The first-order valence-electron chi connectivity index (χ1n) is 10.2. The number of nitrogens with zero attached hydrogens (tertiary/aromatic N) is 2. The predicted molar refractivity (Wildman–Crippen MR) is 116 cm³/mol. The number of fused-ring (bicyclic) bond motifs is 1. The molecule has 1 fully saturated rings. The molecule has 29 heavy (non-hydrogen) atoms. The van der Waals surface area contributed by atoms with E-state index in [1.807, 2.05) is 0 Å². The zero-order valence-electron chi connectivity index (χ0n) is 18.3. The van der Waals surface area contributed by atoms with Crippen molar-refractivity contribution >= 4 is 25.8 Å². The number of hydrogen-bond donors (Lipinski definition) is 3. The van der Waals surface area contributed by atoms with Crippen molar-refractivity contribution in [1.82, 2.24) is 10.3 Å². The number of nitrogen functional groups attached to an aromatic ring is 1. The standard InChI is InChI=1S/C20H34N4O4Si/c1-12-10-24(16-13-7-8-27-18(13)22-9-14(16)21)11-15(23-19(25)26)17(12)28-29(5,6)20(2,3)4/h9,12,15,17,23H,7-8,10-11,21H2,1-6H3,(H,25,26). The van der Waals surface area contributed by atoms with Gasteiger partial charge in [-0.05, 0) is 18.1 Å². The predicted octanol–water partition coefficient (Wildman–Crippen LogP) is 3.08. The van der Waals surface area contributed by atoms with Crippen LogP contribution in [0.25, 0.3) is 0 Å². The number of pyridine rings is 1. The molecule has 2 aliphatic heterocycles. The van der Waals surface area contributed by atoms with E-state index in [2.05, 4.69) is 56.0 Å². The van der Waals surface area contributed by atoms with Crippen LogP contribution in [-0.4, -0.2) is 56.3 Å². The Kier molecular flexibility index (Phi) is 5.75. The molecule has 1 aromatic heterocycles. The van der Waals surface area contributed by atoms with E-state index in [9.17, 15) is 9.90 Å². The average molecular weight is 423 g/mol. The smallest absolute Gasteiger partial charge is 0.405 e. The van der Waals surface area contributed by atoms with E-state index < -0.39 is 14.4 Å². The van der Waals surface area contributed by atoms with E-state index in [1.165, 1.54) is 0 Å². The number of rotatable bonds is 4. The number of nitrogens with one attached hydrogen (secondary N) is 1. The summed E-state index contributed by atoms with van der Waals surface area (Å²) < 4.78 is 12.3. The van der Waals surface area contributed by atoms with Crippen LogP contribution in [0.15, 0.2) is 6.20 Å². The average Bonchev–Trinajstić information content (AvgIpc) is 3.04. The normalized spacial score (nSPS) is 24.8. The molecule has 0 aromatic carbocycles. The Hall–Kier alpha value is -2.00. The lowest BCUT2D eigenvalue weighted by atomic mass is 9.91. The largest absolute Gasteiger partial charge is 0.477 e. The first kappa shape index (κ1) is 21.7. The first-order chi connectivity index (χ1) is 13.4. The molecule has 1 saturated heterocycles. The number of ether oxygens (including phenoxy) is 1. The Morgan fingerprint density at radius 2 is 2.10 bits per heavy atom. The second-order valence-electron chi connectivity index (χ2n) is 9.73. The molecule has 3 rings (SSSR count). The van der Waals surface area contributed by atoms with Gasteiger partial charge in [0.05, 0.1) is 36.3 Å². The molecule has 0 aliphatic carbocycles. The van der Waals surface area contributed by atoms with Crippen LogP contribution < -0.4 is 20.7 Å². The molecule has 4 N–H and O–H groups in total. The number of aromatic nitrogens is 1. The highest BCUT2D eigenvalue weighted by Crippen LogP contribution is 2.42. The summed E-state index contributed by atoms with van der Waals surface area (Å²) in [5.74, 6) is 0.754. The van der Waals surface area contributed by atoms with Gasteiger partial charge in [0, 0.05) is 31.0 Å². The van der Waals surface area contributed by atoms with Crippen LogP contribution in [0, 0.1) is 5.92 Å². The molecule has 1 amide bonds. The zero-order valence-corrected chi connectivity index (χ0v) is 19.3. The van der Waals surface area contributed by atoms with Crippen LogP contribution in [0.3, 0.4) is 0 Å². The van der Waals surface area contributed by atoms with E-state index >= 15 is 0 Å². The number of piperidine rings is 1. The molecule has 3 unspecified atom stereocenters. The molecule has 3 heterocycles. The topological polar surface area (TPSA) is 110 Å². The maximum atomic E-state index is 11.6. The van der Waals surface area contributed by atoms with Crippen molar-refractivity contribution in [1.29, 1.82) is 0 Å². The number of hydrogen-bond acceptors (Lipinski definition) is 6. The van der Waals surface area contributed by atoms with Gasteiger partial charge in [-0.2, -0.15) is 0 Å². The molecule has 8 nitrogen and oxygen atoms in total. The number of amides is 1. The Morgan fingerprint density at radius 3 is 2.72 bits per heavy atom. The second kappa shape index (κ2) is 7.68. The quantitative estimate of drug-likeness (QED) is 0.640. The van der Waals surface area contributed by atoms with Crippen molar-refractivity contribution in [3.05, 3.63) is 11.8 Å². The van der Waals surface area contributed by atoms with Crippen molar-refractivity contribution in [2.24, 2.45) is 5.92 Å². The zero-order chi connectivity index (χ0) is 21.6. The van der Waals surface area contributed by atoms with Gasteiger partial charge in [-0.3, -0.25) is 0 Å². The van der Waals surface area contributed by atoms with E-state index in [4.69, 9.17) is 14.9 Å². The van der Waals surface area contributed by atoms with Crippen molar-refractivity contribution in [2.45, 2.75) is 64.4 Å². The molecule has 9 heteroatoms. The third-order valence-corrected chi connectivity index (χ3v) is 10.9. The van der Waals surface area contributed by atoms with E-state index in [1.54, 1.807) is 6.20 Å². The molecule has 0 radical (unpaired) electrons. The Labute approximate surface area is 173 Å². The van der Waals surface area contributed by atoms with Gasteiger partial charge in [0.15, 0.2) is 8.32 Å². The lowest BCUT2D eigenvalue weighted by Crippen LogP contribution is -2.62. The minimum Gasteiger partial charge on any atom is -0.477 e. The molecular formula is C20H34N4O4Si. The summed E-state index contributed by atoms with van der Waals surface area (Å²) in [5.41, 5.74) is 8.81. The number of nitrogens with two attached hydrogens (primary N) is 1. The monoisotopic (exact) mass is 422 g/mol. The number of anilines is 2. The molecule has 0 saturated carbocycles. The molecule has 0 bridgehead atoms. The number of carboxylic acid groups (broad SMARTS) is 1. The van der Waals surface area contributed by atoms with Crippen molar-refractivity contribution in [2.75, 3.05) is 30.3 Å². The van der Waals surface area contributed by atoms with Gasteiger partial charge in [-0.1, -0.05) is 27.7 Å². The minimum absolute atomic E-state index is 0.0469. The summed E-state index contributed by atoms with van der Waals surface area (Å²) in [6.07, 6.45) is 1.16. The fourth-order valence-corrected chi connectivity index (χ4v) is 5.39. The van der Waals surface area contributed by atoms with Crippen LogP contribution in [0.1, 0.15) is 33.3 Å². The highest BCUT2D eigenvalue weighted by molar-refractivity contribution is 6.74. The molecule has 3 atom stereocenters. The highest BCUT2D eigenvalue weighted by atomic mass is 28.4. The van der Waals surface area contributed by atoms with Crippen molar-refractivity contribution < 1.29 is 19.1 Å². The first-order valence-corrected chi connectivity index (χ1v) is 13.1. The fraction of sp³-hybridized carbons (Fsp3) is 0.700. The van der Waals surface area contributed by atoms with E-state index in [-0.39, 0.29) is 23.1 Å². The van der Waals surface area contributed by atoms with Gasteiger partial charge in [0.1, 0.15) is 0 Å². The van der Waals surface area contributed by atoms with Gasteiger partial charge >= 0.3 is 6.09 Å². The lowest BCUT2D eigenvalue weighted by molar-refractivity contribution is 0.0721. The summed E-state index contributed by atoms with van der Waals surface area (Å²) in [6, 6.07) is -0.351. The third kappa shape index (κ3) is 4.30. The van der Waals surface area contributed by atoms with E-state index in [0.29, 0.717) is 24.7 Å². The Morgan fingerprint density at radius 1 is 1.41 bits per heavy atom. The van der Waals surface area contributed by atoms with Crippen LogP contribution in [0.2, 0.25) is 18.1 Å². The van der Waals surface area contributed by atoms with Crippen LogP contribution in [0.5, 0.6) is 5.88 Å². The molecular weight excluding hydrogens is 388 g/mol. The molecule has 162 valence electrons. The summed E-state index contributed by atoms with van der Waals surface area (Å²) in [6.45, 7) is 14.9. The minimum atomic E-state index is -2.06. The van der Waals surface area contributed by atoms with Gasteiger partial charge < -0.3 is 30.2 Å². The van der Waals surface area contributed by atoms with Crippen molar-refractivity contribution in [3.63, 3.8) is 0 Å². The van der Waals surface area contributed by atoms with Gasteiger partial charge in [-0.25, -0.2) is 9.78 Å². The van der Waals surface area contributed by atoms with Crippen LogP contribution >= 0.6 is 0 Å². The van der Waals surface area contributed by atoms with Gasteiger partial charge in [0.2, 0.25) is 5.88 Å². The number of carbonyl (C=O) groups is 1. The molecule has 2 aliphatic rings. The highest BCUT2D eigenvalue weighted by Gasteiger charge is 2.45. The molecule has 0 spiro atoms. The third-order valence-electron chi connectivity index (χ3n) is 6.47. The Bertz CT molecular complexity index is 780. The van der Waals surface area contributed by atoms with Crippen LogP contribution in [0.4, 0.5) is 16.2 Å². The maximum absolute atomic E-state index is 11.6. The van der Waals surface area contributed by atoms with E-state index in [0.717, 1.165) is 24.2 Å². The van der Waals surface area contributed by atoms with Crippen LogP contribution in [-0.2, 0) is 10.8 Å². The van der Waals surface area contributed by atoms with Gasteiger partial charge in [-0.15, -0.1) is 0 Å². The van der Waals surface area contributed by atoms with Crippen molar-refractivity contribution in [3.8, 4) is 5.88 Å². The molecule has 1 aromatic rings. The Balaban J connectivity index is 1.90. The second-order valence-corrected chi connectivity index (χ2v) is 14.5. The summed E-state index contributed by atoms with van der Waals surface area (Å²) in [7, 11) is -2.06. The SMILES string of the molecule is CC1CN(c2c(N)cnc3c2CCO3)CC(NC(=O)O)C1O[Si](C)(C)C(C)(C)C. The summed E-state index contributed by atoms with van der Waals surface area (Å²) in [5, 5.41) is 12.2. The summed E-state index contributed by atoms with van der Waals surface area (Å²) >= 11 is 0. The maximum Gasteiger partial charge on any atom is 0.405 e. The fourth-order valence-electron chi connectivity index (χ4n) is 3.96.